The van der Waals surface area contributed by atoms with Gasteiger partial charge < -0.3 is 14.5 Å². The van der Waals surface area contributed by atoms with Gasteiger partial charge in [-0.2, -0.15) is 0 Å². The molecule has 7 heteroatoms. The second-order valence-electron chi connectivity index (χ2n) is 6.33. The zero-order valence-electron chi connectivity index (χ0n) is 15.0. The third-order valence-corrected chi connectivity index (χ3v) is 4.57. The van der Waals surface area contributed by atoms with Crippen molar-refractivity contribution in [1.29, 1.82) is 0 Å². The summed E-state index contributed by atoms with van der Waals surface area (Å²) >= 11 is 0. The Kier molecular flexibility index (Phi) is 5.69. The van der Waals surface area contributed by atoms with E-state index in [0.29, 0.717) is 18.8 Å². The maximum atomic E-state index is 13.8. The number of amides is 2. The van der Waals surface area contributed by atoms with Crippen molar-refractivity contribution in [3.05, 3.63) is 65.2 Å². The van der Waals surface area contributed by atoms with E-state index in [-0.39, 0.29) is 31.0 Å². The number of halogens is 2. The Morgan fingerprint density at radius 2 is 1.70 bits per heavy atom. The largest absolute Gasteiger partial charge is 0.497 e. The van der Waals surface area contributed by atoms with Crippen LogP contribution in [0.1, 0.15) is 15.9 Å². The van der Waals surface area contributed by atoms with Gasteiger partial charge in [0.2, 0.25) is 5.91 Å². The van der Waals surface area contributed by atoms with Crippen LogP contribution < -0.4 is 4.74 Å². The van der Waals surface area contributed by atoms with Gasteiger partial charge in [-0.1, -0.05) is 12.1 Å². The molecule has 0 spiro atoms. The fraction of sp³-hybridized carbons (Fsp3) is 0.300. The minimum Gasteiger partial charge on any atom is -0.497 e. The summed E-state index contributed by atoms with van der Waals surface area (Å²) in [7, 11) is 1.57. The fourth-order valence-corrected chi connectivity index (χ4v) is 3.06. The smallest absolute Gasteiger partial charge is 0.257 e. The Labute approximate surface area is 156 Å². The van der Waals surface area contributed by atoms with Crippen LogP contribution in [0.2, 0.25) is 0 Å². The SMILES string of the molecule is COc1cccc(CC(=O)N2CCN(C(=O)c3cc(F)ccc3F)CC2)c1. The number of carbonyl (C=O) groups is 2. The van der Waals surface area contributed by atoms with Crippen LogP contribution in [0.4, 0.5) is 8.78 Å². The van der Waals surface area contributed by atoms with Crippen molar-refractivity contribution in [3.8, 4) is 5.75 Å². The molecule has 27 heavy (non-hydrogen) atoms. The van der Waals surface area contributed by atoms with Crippen molar-refractivity contribution >= 4 is 11.8 Å². The molecule has 1 aliphatic heterocycles. The van der Waals surface area contributed by atoms with E-state index in [0.717, 1.165) is 23.8 Å². The molecule has 5 nitrogen and oxygen atoms in total. The Morgan fingerprint density at radius 1 is 1.00 bits per heavy atom. The molecule has 1 saturated heterocycles. The molecule has 0 unspecified atom stereocenters. The third-order valence-electron chi connectivity index (χ3n) is 4.57. The van der Waals surface area contributed by atoms with E-state index in [2.05, 4.69) is 0 Å². The Balaban J connectivity index is 1.58. The van der Waals surface area contributed by atoms with Crippen LogP contribution in [0.15, 0.2) is 42.5 Å². The van der Waals surface area contributed by atoms with E-state index in [4.69, 9.17) is 4.74 Å². The molecule has 142 valence electrons. The first-order valence-corrected chi connectivity index (χ1v) is 8.63. The summed E-state index contributed by atoms with van der Waals surface area (Å²) in [5, 5.41) is 0. The molecule has 0 atom stereocenters. The molecular formula is C20H20F2N2O3. The molecule has 1 heterocycles. The van der Waals surface area contributed by atoms with Crippen LogP contribution in [0.5, 0.6) is 5.75 Å². The Hall–Kier alpha value is -2.96. The summed E-state index contributed by atoms with van der Waals surface area (Å²) in [6, 6.07) is 10.1. The fourth-order valence-electron chi connectivity index (χ4n) is 3.06. The number of carbonyl (C=O) groups excluding carboxylic acids is 2. The summed E-state index contributed by atoms with van der Waals surface area (Å²) in [5.41, 5.74) is 0.561. The Bertz CT molecular complexity index is 849. The molecule has 0 N–H and O–H groups in total. The minimum atomic E-state index is -0.752. The second-order valence-corrected chi connectivity index (χ2v) is 6.33. The van der Waals surface area contributed by atoms with Crippen molar-refractivity contribution in [2.75, 3.05) is 33.3 Å². The highest BCUT2D eigenvalue weighted by Crippen LogP contribution is 2.16. The van der Waals surface area contributed by atoms with Gasteiger partial charge in [-0.3, -0.25) is 9.59 Å². The molecule has 0 aliphatic carbocycles. The lowest BCUT2D eigenvalue weighted by atomic mass is 10.1. The van der Waals surface area contributed by atoms with Gasteiger partial charge in [-0.15, -0.1) is 0 Å². The van der Waals surface area contributed by atoms with Crippen LogP contribution in [0.25, 0.3) is 0 Å². The van der Waals surface area contributed by atoms with Crippen molar-refractivity contribution < 1.29 is 23.1 Å². The highest BCUT2D eigenvalue weighted by Gasteiger charge is 2.26. The molecule has 2 aromatic carbocycles. The van der Waals surface area contributed by atoms with Gasteiger partial charge in [0.25, 0.3) is 5.91 Å². The summed E-state index contributed by atoms with van der Waals surface area (Å²) in [5.74, 6) is -1.34. The van der Waals surface area contributed by atoms with Crippen LogP contribution in [0.3, 0.4) is 0 Å². The molecule has 3 rings (SSSR count). The number of hydrogen-bond acceptors (Lipinski definition) is 3. The zero-order chi connectivity index (χ0) is 19.4. The molecule has 2 amide bonds. The maximum Gasteiger partial charge on any atom is 0.257 e. The quantitative estimate of drug-likeness (QED) is 0.826. The van der Waals surface area contributed by atoms with Crippen LogP contribution >= 0.6 is 0 Å². The van der Waals surface area contributed by atoms with Crippen molar-refractivity contribution in [1.82, 2.24) is 9.80 Å². The average Bonchev–Trinajstić information content (AvgIpc) is 2.69. The number of piperazine rings is 1. The molecule has 1 fully saturated rings. The van der Waals surface area contributed by atoms with Gasteiger partial charge in [0, 0.05) is 26.2 Å². The van der Waals surface area contributed by atoms with Gasteiger partial charge in [0.1, 0.15) is 17.4 Å². The predicted octanol–water partition coefficient (Wildman–Crippen LogP) is 2.50. The predicted molar refractivity (Wildman–Crippen MR) is 95.5 cm³/mol. The first-order valence-electron chi connectivity index (χ1n) is 8.63. The molecule has 0 bridgehead atoms. The van der Waals surface area contributed by atoms with Gasteiger partial charge >= 0.3 is 0 Å². The number of methoxy groups -OCH3 is 1. The van der Waals surface area contributed by atoms with Gasteiger partial charge in [-0.25, -0.2) is 8.78 Å². The average molecular weight is 374 g/mol. The van der Waals surface area contributed by atoms with Crippen molar-refractivity contribution in [3.63, 3.8) is 0 Å². The molecule has 1 aliphatic rings. The number of benzene rings is 2. The van der Waals surface area contributed by atoms with Gasteiger partial charge in [0.05, 0.1) is 19.1 Å². The van der Waals surface area contributed by atoms with Crippen LogP contribution in [-0.2, 0) is 11.2 Å². The van der Waals surface area contributed by atoms with Crippen molar-refractivity contribution in [2.45, 2.75) is 6.42 Å². The van der Waals surface area contributed by atoms with E-state index >= 15 is 0 Å². The first-order chi connectivity index (χ1) is 13.0. The van der Waals surface area contributed by atoms with Crippen molar-refractivity contribution in [2.24, 2.45) is 0 Å². The molecular weight excluding hydrogens is 354 g/mol. The molecule has 0 aromatic heterocycles. The summed E-state index contributed by atoms with van der Waals surface area (Å²) in [6.07, 6.45) is 0.240. The van der Waals surface area contributed by atoms with E-state index in [1.165, 1.54) is 4.90 Å². The number of nitrogens with zero attached hydrogens (tertiary/aromatic N) is 2. The minimum absolute atomic E-state index is 0.0488. The lowest BCUT2D eigenvalue weighted by Gasteiger charge is -2.35. The number of rotatable bonds is 4. The summed E-state index contributed by atoms with van der Waals surface area (Å²) in [6.45, 7) is 1.26. The highest BCUT2D eigenvalue weighted by molar-refractivity contribution is 5.94. The summed E-state index contributed by atoms with van der Waals surface area (Å²) < 4.78 is 32.3. The lowest BCUT2D eigenvalue weighted by Crippen LogP contribution is -2.51. The monoisotopic (exact) mass is 374 g/mol. The number of ether oxygens (including phenoxy) is 1. The molecule has 0 radical (unpaired) electrons. The van der Waals surface area contributed by atoms with Gasteiger partial charge in [-0.05, 0) is 35.9 Å². The second kappa shape index (κ2) is 8.16. The van der Waals surface area contributed by atoms with E-state index in [1.54, 1.807) is 12.0 Å². The Morgan fingerprint density at radius 3 is 2.41 bits per heavy atom. The third kappa shape index (κ3) is 4.42. The maximum absolute atomic E-state index is 13.8. The van der Waals surface area contributed by atoms with Gasteiger partial charge in [0.15, 0.2) is 0 Å². The van der Waals surface area contributed by atoms with Crippen LogP contribution in [0, 0.1) is 11.6 Å². The zero-order valence-corrected chi connectivity index (χ0v) is 15.0. The normalized spacial score (nSPS) is 14.2. The topological polar surface area (TPSA) is 49.9 Å². The molecule has 0 saturated carbocycles. The standard InChI is InChI=1S/C20H20F2N2O3/c1-27-16-4-2-3-14(11-16)12-19(25)23-7-9-24(10-8-23)20(26)17-13-15(21)5-6-18(17)22/h2-6,11,13H,7-10,12H2,1H3. The molecule has 2 aromatic rings. The van der Waals surface area contributed by atoms with E-state index in [1.807, 2.05) is 24.3 Å². The lowest BCUT2D eigenvalue weighted by molar-refractivity contribution is -0.131. The summed E-state index contributed by atoms with van der Waals surface area (Å²) in [4.78, 5) is 28.0. The van der Waals surface area contributed by atoms with E-state index < -0.39 is 17.5 Å². The van der Waals surface area contributed by atoms with Crippen LogP contribution in [-0.4, -0.2) is 54.9 Å². The van der Waals surface area contributed by atoms with E-state index in [9.17, 15) is 18.4 Å². The number of hydrogen-bond donors (Lipinski definition) is 0. The highest BCUT2D eigenvalue weighted by atomic mass is 19.1. The first kappa shape index (κ1) is 18.8.